The number of hydrogen-bond donors (Lipinski definition) is 1. The lowest BCUT2D eigenvalue weighted by Crippen LogP contribution is -2.32. The van der Waals surface area contributed by atoms with Crippen molar-refractivity contribution in [3.8, 4) is 0 Å². The smallest absolute Gasteiger partial charge is 0.328 e. The van der Waals surface area contributed by atoms with Crippen molar-refractivity contribution < 1.29 is 9.53 Å². The van der Waals surface area contributed by atoms with Gasteiger partial charge in [-0.25, -0.2) is 9.78 Å². The molecule has 6 heteroatoms. The zero-order valence-electron chi connectivity index (χ0n) is 10.5. The normalized spacial score (nSPS) is 12.3. The number of esters is 1. The van der Waals surface area contributed by atoms with Crippen molar-refractivity contribution in [3.63, 3.8) is 0 Å². The van der Waals surface area contributed by atoms with Gasteiger partial charge < -0.3 is 10.1 Å². The lowest BCUT2D eigenvalue weighted by molar-refractivity contribution is -0.141. The maximum atomic E-state index is 11.7. The molecule has 1 N–H and O–H groups in total. The molecule has 0 saturated carbocycles. The molecule has 1 aromatic rings. The quantitative estimate of drug-likeness (QED) is 0.794. The Morgan fingerprint density at radius 1 is 1.50 bits per heavy atom. The minimum absolute atomic E-state index is 0.277. The molecule has 1 unspecified atom stereocenters. The van der Waals surface area contributed by atoms with Gasteiger partial charge in [0, 0.05) is 10.7 Å². The van der Waals surface area contributed by atoms with Crippen LogP contribution < -0.4 is 5.32 Å². The van der Waals surface area contributed by atoms with Gasteiger partial charge in [0.25, 0.3) is 0 Å². The van der Waals surface area contributed by atoms with E-state index in [4.69, 9.17) is 4.74 Å². The molecule has 18 heavy (non-hydrogen) atoms. The van der Waals surface area contributed by atoms with E-state index in [1.807, 2.05) is 6.07 Å². The molecule has 0 bridgehead atoms. The van der Waals surface area contributed by atoms with E-state index in [0.717, 1.165) is 8.95 Å². The molecule has 1 atom stereocenters. The predicted octanol–water partition coefficient (Wildman–Crippen LogP) is 3.61. The summed E-state index contributed by atoms with van der Waals surface area (Å²) in [5.41, 5.74) is 0. The van der Waals surface area contributed by atoms with Gasteiger partial charge in [-0.05, 0) is 50.3 Å². The molecule has 0 amide bonds. The Labute approximate surface area is 124 Å². The van der Waals surface area contributed by atoms with Crippen LogP contribution in [0.5, 0.6) is 0 Å². The Morgan fingerprint density at radius 2 is 2.17 bits per heavy atom. The topological polar surface area (TPSA) is 51.2 Å². The van der Waals surface area contributed by atoms with E-state index in [0.29, 0.717) is 18.2 Å². The summed E-state index contributed by atoms with van der Waals surface area (Å²) in [6.07, 6.45) is 2.37. The van der Waals surface area contributed by atoms with Crippen LogP contribution in [-0.4, -0.2) is 24.1 Å². The van der Waals surface area contributed by atoms with Gasteiger partial charge in [0.15, 0.2) is 0 Å². The van der Waals surface area contributed by atoms with Gasteiger partial charge in [0.05, 0.1) is 11.6 Å². The second kappa shape index (κ2) is 7.09. The summed E-state index contributed by atoms with van der Waals surface area (Å²) in [7, 11) is 1.39. The SMILES string of the molecule is COC(=O)C(CC(C)C)Nc1ncc(Br)cc1Br. The number of hydrogen-bond acceptors (Lipinski definition) is 4. The molecule has 100 valence electrons. The van der Waals surface area contributed by atoms with E-state index < -0.39 is 0 Å². The van der Waals surface area contributed by atoms with Crippen LogP contribution in [0.4, 0.5) is 5.82 Å². The monoisotopic (exact) mass is 378 g/mol. The Kier molecular flexibility index (Phi) is 6.08. The number of rotatable bonds is 5. The fraction of sp³-hybridized carbons (Fsp3) is 0.500. The first-order valence-corrected chi connectivity index (χ1v) is 7.18. The second-order valence-electron chi connectivity index (χ2n) is 4.33. The van der Waals surface area contributed by atoms with E-state index in [2.05, 4.69) is 56.0 Å². The fourth-order valence-corrected chi connectivity index (χ4v) is 2.62. The lowest BCUT2D eigenvalue weighted by Gasteiger charge is -2.19. The van der Waals surface area contributed by atoms with Gasteiger partial charge in [-0.15, -0.1) is 0 Å². The van der Waals surface area contributed by atoms with Gasteiger partial charge in [-0.2, -0.15) is 0 Å². The van der Waals surface area contributed by atoms with E-state index >= 15 is 0 Å². The Hall–Kier alpha value is -0.620. The third kappa shape index (κ3) is 4.57. The van der Waals surface area contributed by atoms with Crippen molar-refractivity contribution in [1.82, 2.24) is 4.98 Å². The summed E-state index contributed by atoms with van der Waals surface area (Å²) in [5, 5.41) is 3.10. The summed E-state index contributed by atoms with van der Waals surface area (Å²) in [6.45, 7) is 4.11. The first kappa shape index (κ1) is 15.4. The number of aromatic nitrogens is 1. The minimum Gasteiger partial charge on any atom is -0.467 e. The number of pyridine rings is 1. The molecule has 0 aliphatic heterocycles. The van der Waals surface area contributed by atoms with Crippen molar-refractivity contribution in [2.75, 3.05) is 12.4 Å². The molecule has 0 spiro atoms. The summed E-state index contributed by atoms with van der Waals surface area (Å²) in [4.78, 5) is 15.9. The number of ether oxygens (including phenoxy) is 1. The van der Waals surface area contributed by atoms with Gasteiger partial charge in [-0.3, -0.25) is 0 Å². The highest BCUT2D eigenvalue weighted by Crippen LogP contribution is 2.25. The van der Waals surface area contributed by atoms with Gasteiger partial charge in [-0.1, -0.05) is 13.8 Å². The zero-order chi connectivity index (χ0) is 13.7. The number of anilines is 1. The van der Waals surface area contributed by atoms with Crippen molar-refractivity contribution >= 4 is 43.6 Å². The van der Waals surface area contributed by atoms with E-state index in [-0.39, 0.29) is 12.0 Å². The number of methoxy groups -OCH3 is 1. The average molecular weight is 380 g/mol. The zero-order valence-corrected chi connectivity index (χ0v) is 13.7. The molecule has 0 fully saturated rings. The number of carbonyl (C=O) groups is 1. The summed E-state index contributed by atoms with van der Waals surface area (Å²) in [5.74, 6) is 0.741. The Morgan fingerprint density at radius 3 is 2.67 bits per heavy atom. The van der Waals surface area contributed by atoms with Gasteiger partial charge in [0.2, 0.25) is 0 Å². The largest absolute Gasteiger partial charge is 0.467 e. The van der Waals surface area contributed by atoms with Gasteiger partial charge in [0.1, 0.15) is 11.9 Å². The summed E-state index contributed by atoms with van der Waals surface area (Å²) < 4.78 is 6.47. The molecule has 0 aliphatic carbocycles. The Bertz CT molecular complexity index is 425. The highest BCUT2D eigenvalue weighted by Gasteiger charge is 2.21. The van der Waals surface area contributed by atoms with Crippen LogP contribution in [0.25, 0.3) is 0 Å². The Balaban J connectivity index is 2.85. The van der Waals surface area contributed by atoms with Crippen LogP contribution in [0.1, 0.15) is 20.3 Å². The number of carbonyl (C=O) groups excluding carboxylic acids is 1. The van der Waals surface area contributed by atoms with Crippen LogP contribution in [0, 0.1) is 5.92 Å². The van der Waals surface area contributed by atoms with Crippen LogP contribution in [0.3, 0.4) is 0 Å². The van der Waals surface area contributed by atoms with Crippen LogP contribution >= 0.6 is 31.9 Å². The van der Waals surface area contributed by atoms with E-state index in [9.17, 15) is 4.79 Å². The number of nitrogens with one attached hydrogen (secondary N) is 1. The molecule has 1 heterocycles. The molecular weight excluding hydrogens is 364 g/mol. The van der Waals surface area contributed by atoms with Crippen molar-refractivity contribution in [2.24, 2.45) is 5.92 Å². The van der Waals surface area contributed by atoms with Crippen LogP contribution in [-0.2, 0) is 9.53 Å². The predicted molar refractivity (Wildman–Crippen MR) is 78.5 cm³/mol. The van der Waals surface area contributed by atoms with Crippen LogP contribution in [0.2, 0.25) is 0 Å². The molecule has 1 aromatic heterocycles. The van der Waals surface area contributed by atoms with Crippen molar-refractivity contribution in [1.29, 1.82) is 0 Å². The van der Waals surface area contributed by atoms with E-state index in [1.165, 1.54) is 7.11 Å². The minimum atomic E-state index is -0.389. The molecule has 0 radical (unpaired) electrons. The highest BCUT2D eigenvalue weighted by molar-refractivity contribution is 9.11. The van der Waals surface area contributed by atoms with Crippen molar-refractivity contribution in [2.45, 2.75) is 26.3 Å². The van der Waals surface area contributed by atoms with Crippen molar-refractivity contribution in [3.05, 3.63) is 21.2 Å². The first-order valence-electron chi connectivity index (χ1n) is 5.59. The number of nitrogens with zero attached hydrogens (tertiary/aromatic N) is 1. The summed E-state index contributed by atoms with van der Waals surface area (Å²) in [6, 6.07) is 1.49. The molecule has 1 rings (SSSR count). The third-order valence-electron chi connectivity index (χ3n) is 2.31. The lowest BCUT2D eigenvalue weighted by atomic mass is 10.0. The molecule has 0 aromatic carbocycles. The highest BCUT2D eigenvalue weighted by atomic mass is 79.9. The second-order valence-corrected chi connectivity index (χ2v) is 6.10. The maximum absolute atomic E-state index is 11.7. The standard InChI is InChI=1S/C12H16Br2N2O2/c1-7(2)4-10(12(17)18-3)16-11-9(14)5-8(13)6-15-11/h5-7,10H,4H2,1-3H3,(H,15,16). The third-order valence-corrected chi connectivity index (χ3v) is 3.35. The fourth-order valence-electron chi connectivity index (χ4n) is 1.51. The average Bonchev–Trinajstić information content (AvgIpc) is 2.30. The molecule has 0 aliphatic rings. The number of halogens is 2. The summed E-state index contributed by atoms with van der Waals surface area (Å²) >= 11 is 6.74. The molecule has 0 saturated heterocycles. The molecule has 4 nitrogen and oxygen atoms in total. The maximum Gasteiger partial charge on any atom is 0.328 e. The van der Waals surface area contributed by atoms with Crippen LogP contribution in [0.15, 0.2) is 21.2 Å². The van der Waals surface area contributed by atoms with Gasteiger partial charge >= 0.3 is 5.97 Å². The first-order chi connectivity index (χ1) is 8.43. The van der Waals surface area contributed by atoms with E-state index in [1.54, 1.807) is 6.20 Å². The molecular formula is C12H16Br2N2O2.